The van der Waals surface area contributed by atoms with E-state index in [0.29, 0.717) is 5.56 Å². The summed E-state index contributed by atoms with van der Waals surface area (Å²) < 4.78 is 1.79. The maximum Gasteiger partial charge on any atom is 0.103 e. The van der Waals surface area contributed by atoms with E-state index in [-0.39, 0.29) is 0 Å². The van der Waals surface area contributed by atoms with Gasteiger partial charge in [-0.2, -0.15) is 10.4 Å². The summed E-state index contributed by atoms with van der Waals surface area (Å²) in [7, 11) is 1.90. The normalized spacial score (nSPS) is 10.2. The minimum Gasteiger partial charge on any atom is -0.383 e. The Morgan fingerprint density at radius 3 is 2.84 bits per heavy atom. The first-order chi connectivity index (χ1) is 9.10. The predicted octanol–water partition coefficient (Wildman–Crippen LogP) is 1.96. The lowest BCUT2D eigenvalue weighted by Gasteiger charge is -2.10. The maximum absolute atomic E-state index is 9.16. The molecule has 5 heteroatoms. The fourth-order valence-corrected chi connectivity index (χ4v) is 2.03. The van der Waals surface area contributed by atoms with E-state index in [4.69, 9.17) is 5.26 Å². The lowest BCUT2D eigenvalue weighted by molar-refractivity contribution is 0.742. The topological polar surface area (TPSA) is 66.5 Å². The lowest BCUT2D eigenvalue weighted by Crippen LogP contribution is -2.08. The number of nitrogens with zero attached hydrogens (tertiary/aromatic N) is 4. The summed E-state index contributed by atoms with van der Waals surface area (Å²) in [5, 5.41) is 16.8. The molecule has 0 fully saturated rings. The van der Waals surface area contributed by atoms with Crippen LogP contribution in [0.4, 0.5) is 5.69 Å². The molecule has 0 aliphatic heterocycles. The Balaban J connectivity index is 2.05. The first-order valence-corrected chi connectivity index (χ1v) is 6.21. The fraction of sp³-hybridized carbons (Fsp3) is 0.357. The van der Waals surface area contributed by atoms with Crippen LogP contribution < -0.4 is 5.32 Å². The van der Waals surface area contributed by atoms with E-state index in [2.05, 4.69) is 21.5 Å². The number of hydrogen-bond donors (Lipinski definition) is 1. The van der Waals surface area contributed by atoms with Gasteiger partial charge in [-0.05, 0) is 26.0 Å². The second-order valence-corrected chi connectivity index (χ2v) is 4.54. The second kappa shape index (κ2) is 5.53. The number of anilines is 1. The summed E-state index contributed by atoms with van der Waals surface area (Å²) in [5.41, 5.74) is 4.19. The Morgan fingerprint density at radius 2 is 2.21 bits per heavy atom. The molecule has 5 nitrogen and oxygen atoms in total. The molecule has 2 heterocycles. The highest BCUT2D eigenvalue weighted by Gasteiger charge is 2.07. The molecule has 19 heavy (non-hydrogen) atoms. The zero-order valence-electron chi connectivity index (χ0n) is 11.4. The van der Waals surface area contributed by atoms with Crippen LogP contribution in [0.2, 0.25) is 0 Å². The summed E-state index contributed by atoms with van der Waals surface area (Å²) in [6.45, 7) is 4.53. The smallest absolute Gasteiger partial charge is 0.103 e. The summed E-state index contributed by atoms with van der Waals surface area (Å²) in [6, 6.07) is 6.10. The first kappa shape index (κ1) is 13.1. The molecule has 0 aromatic carbocycles. The van der Waals surface area contributed by atoms with E-state index in [1.54, 1.807) is 4.68 Å². The van der Waals surface area contributed by atoms with Gasteiger partial charge in [-0.1, -0.05) is 0 Å². The van der Waals surface area contributed by atoms with Gasteiger partial charge in [0.05, 0.1) is 22.6 Å². The van der Waals surface area contributed by atoms with Crippen LogP contribution in [0.25, 0.3) is 0 Å². The number of aryl methyl sites for hydroxylation is 3. The van der Waals surface area contributed by atoms with Gasteiger partial charge in [0.15, 0.2) is 0 Å². The molecule has 0 saturated carbocycles. The van der Waals surface area contributed by atoms with Gasteiger partial charge < -0.3 is 5.32 Å². The highest BCUT2D eigenvalue weighted by Crippen LogP contribution is 2.18. The largest absolute Gasteiger partial charge is 0.383 e. The van der Waals surface area contributed by atoms with Crippen molar-refractivity contribution in [3.8, 4) is 6.07 Å². The van der Waals surface area contributed by atoms with Crippen LogP contribution in [-0.2, 0) is 13.5 Å². The molecule has 0 aliphatic rings. The molecule has 2 rings (SSSR count). The summed E-state index contributed by atoms with van der Waals surface area (Å²) >= 11 is 0. The highest BCUT2D eigenvalue weighted by atomic mass is 15.2. The Kier molecular flexibility index (Phi) is 3.81. The monoisotopic (exact) mass is 255 g/mol. The number of nitriles is 1. The zero-order valence-corrected chi connectivity index (χ0v) is 11.4. The third-order valence-electron chi connectivity index (χ3n) is 2.91. The van der Waals surface area contributed by atoms with Crippen molar-refractivity contribution in [2.45, 2.75) is 20.3 Å². The number of pyridine rings is 1. The van der Waals surface area contributed by atoms with E-state index in [1.165, 1.54) is 0 Å². The number of rotatable bonds is 4. The van der Waals surface area contributed by atoms with Crippen molar-refractivity contribution in [1.82, 2.24) is 14.8 Å². The third-order valence-corrected chi connectivity index (χ3v) is 2.91. The number of nitrogens with one attached hydrogen (secondary N) is 1. The molecular formula is C14H17N5. The SMILES string of the molecule is Cc1cc(NCCc2ccn(C)n2)c(C#N)c(C)n1. The molecule has 98 valence electrons. The minimum absolute atomic E-state index is 0.617. The molecule has 1 N–H and O–H groups in total. The molecular weight excluding hydrogens is 238 g/mol. The Morgan fingerprint density at radius 1 is 1.42 bits per heavy atom. The molecule has 0 saturated heterocycles. The minimum atomic E-state index is 0.617. The van der Waals surface area contributed by atoms with E-state index < -0.39 is 0 Å². The van der Waals surface area contributed by atoms with Crippen molar-refractivity contribution in [3.05, 3.63) is 41.0 Å². The van der Waals surface area contributed by atoms with Crippen LogP contribution in [-0.4, -0.2) is 21.3 Å². The van der Waals surface area contributed by atoms with Gasteiger partial charge in [0, 0.05) is 31.9 Å². The van der Waals surface area contributed by atoms with Crippen molar-refractivity contribution in [2.75, 3.05) is 11.9 Å². The molecule has 0 aliphatic carbocycles. The zero-order chi connectivity index (χ0) is 13.8. The molecule has 0 amide bonds. The average Bonchev–Trinajstić information content (AvgIpc) is 2.74. The highest BCUT2D eigenvalue weighted by molar-refractivity contribution is 5.59. The van der Waals surface area contributed by atoms with Crippen LogP contribution in [0, 0.1) is 25.2 Å². The summed E-state index contributed by atoms with van der Waals surface area (Å²) in [4.78, 5) is 4.30. The standard InChI is InChI=1S/C14H17N5/c1-10-8-14(13(9-15)11(2)17-10)16-6-4-12-5-7-19(3)18-12/h5,7-8H,4,6H2,1-3H3,(H,16,17). The van der Waals surface area contributed by atoms with Crippen LogP contribution in [0.1, 0.15) is 22.6 Å². The van der Waals surface area contributed by atoms with E-state index in [0.717, 1.165) is 35.7 Å². The van der Waals surface area contributed by atoms with Crippen molar-refractivity contribution in [2.24, 2.45) is 7.05 Å². The van der Waals surface area contributed by atoms with Crippen LogP contribution in [0.3, 0.4) is 0 Å². The Hall–Kier alpha value is -2.35. The Labute approximate surface area is 112 Å². The van der Waals surface area contributed by atoms with Gasteiger partial charge in [-0.25, -0.2) is 0 Å². The second-order valence-electron chi connectivity index (χ2n) is 4.54. The maximum atomic E-state index is 9.16. The molecule has 0 spiro atoms. The van der Waals surface area contributed by atoms with Gasteiger partial charge in [-0.3, -0.25) is 9.67 Å². The average molecular weight is 255 g/mol. The van der Waals surface area contributed by atoms with Crippen molar-refractivity contribution in [1.29, 1.82) is 5.26 Å². The van der Waals surface area contributed by atoms with Crippen molar-refractivity contribution in [3.63, 3.8) is 0 Å². The van der Waals surface area contributed by atoms with Gasteiger partial charge in [0.25, 0.3) is 0 Å². The summed E-state index contributed by atoms with van der Waals surface area (Å²) in [6.07, 6.45) is 2.75. The molecule has 0 unspecified atom stereocenters. The predicted molar refractivity (Wildman–Crippen MR) is 73.8 cm³/mol. The van der Waals surface area contributed by atoms with Gasteiger partial charge in [0.2, 0.25) is 0 Å². The third kappa shape index (κ3) is 3.10. The quantitative estimate of drug-likeness (QED) is 0.907. The van der Waals surface area contributed by atoms with Crippen molar-refractivity contribution < 1.29 is 0 Å². The molecule has 0 atom stereocenters. The molecule has 0 radical (unpaired) electrons. The Bertz CT molecular complexity index is 621. The summed E-state index contributed by atoms with van der Waals surface area (Å²) in [5.74, 6) is 0. The van der Waals surface area contributed by atoms with Crippen LogP contribution >= 0.6 is 0 Å². The van der Waals surface area contributed by atoms with E-state index >= 15 is 0 Å². The number of hydrogen-bond acceptors (Lipinski definition) is 4. The lowest BCUT2D eigenvalue weighted by atomic mass is 10.1. The first-order valence-electron chi connectivity index (χ1n) is 6.21. The van der Waals surface area contributed by atoms with Crippen LogP contribution in [0.15, 0.2) is 18.3 Å². The van der Waals surface area contributed by atoms with Gasteiger partial charge in [-0.15, -0.1) is 0 Å². The van der Waals surface area contributed by atoms with Gasteiger partial charge >= 0.3 is 0 Å². The van der Waals surface area contributed by atoms with Crippen LogP contribution in [0.5, 0.6) is 0 Å². The van der Waals surface area contributed by atoms with E-state index in [1.807, 2.05) is 39.2 Å². The van der Waals surface area contributed by atoms with Gasteiger partial charge in [0.1, 0.15) is 6.07 Å². The molecule has 2 aromatic rings. The molecule has 2 aromatic heterocycles. The molecule has 0 bridgehead atoms. The van der Waals surface area contributed by atoms with Crippen molar-refractivity contribution >= 4 is 5.69 Å². The number of aromatic nitrogens is 3. The van der Waals surface area contributed by atoms with E-state index in [9.17, 15) is 0 Å². The fourth-order valence-electron chi connectivity index (χ4n) is 2.03.